The Balaban J connectivity index is 2.56. The van der Waals surface area contributed by atoms with Gasteiger partial charge in [0.05, 0.1) is 11.9 Å². The van der Waals surface area contributed by atoms with Gasteiger partial charge in [-0.25, -0.2) is 14.4 Å². The first kappa shape index (κ1) is 11.9. The molecule has 0 bridgehead atoms. The zero-order chi connectivity index (χ0) is 12.4. The van der Waals surface area contributed by atoms with Gasteiger partial charge >= 0.3 is 0 Å². The first-order valence-electron chi connectivity index (χ1n) is 5.22. The third-order valence-corrected chi connectivity index (χ3v) is 2.47. The van der Waals surface area contributed by atoms with Crippen LogP contribution in [-0.2, 0) is 0 Å². The smallest absolute Gasteiger partial charge is 0.150 e. The fraction of sp³-hybridized carbons (Fsp3) is 0.250. The van der Waals surface area contributed by atoms with Crippen LogP contribution in [0.25, 0.3) is 11.3 Å². The molecule has 17 heavy (non-hydrogen) atoms. The van der Waals surface area contributed by atoms with Gasteiger partial charge in [-0.2, -0.15) is 0 Å². The Morgan fingerprint density at radius 1 is 1.29 bits per heavy atom. The highest BCUT2D eigenvalue weighted by atomic mass is 35.5. The number of hydrogen-bond acceptors (Lipinski definition) is 3. The first-order chi connectivity index (χ1) is 8.08. The van der Waals surface area contributed by atoms with E-state index in [4.69, 9.17) is 11.6 Å². The number of nitrogens with zero attached hydrogens (tertiary/aromatic N) is 3. The van der Waals surface area contributed by atoms with Crippen LogP contribution in [0, 0.1) is 5.82 Å². The maximum Gasteiger partial charge on any atom is 0.150 e. The van der Waals surface area contributed by atoms with Gasteiger partial charge in [0.15, 0.2) is 5.82 Å². The molecule has 2 aromatic rings. The van der Waals surface area contributed by atoms with Crippen LogP contribution in [0.3, 0.4) is 0 Å². The Morgan fingerprint density at radius 2 is 2.06 bits per heavy atom. The predicted molar refractivity (Wildman–Crippen MR) is 64.3 cm³/mol. The molecular formula is C12H11ClFN3. The van der Waals surface area contributed by atoms with E-state index in [9.17, 15) is 4.39 Å². The molecule has 0 aliphatic carbocycles. The molecule has 0 saturated carbocycles. The Kier molecular flexibility index (Phi) is 3.33. The lowest BCUT2D eigenvalue weighted by Gasteiger charge is -2.07. The SMILES string of the molecule is CC(C)c1nc(Cl)cc(-c2ccncc2F)n1. The maximum atomic E-state index is 13.6. The average molecular weight is 252 g/mol. The highest BCUT2D eigenvalue weighted by Gasteiger charge is 2.11. The van der Waals surface area contributed by atoms with E-state index < -0.39 is 5.82 Å². The Bertz CT molecular complexity index is 543. The van der Waals surface area contributed by atoms with Crippen molar-refractivity contribution in [3.8, 4) is 11.3 Å². The van der Waals surface area contributed by atoms with E-state index in [-0.39, 0.29) is 5.92 Å². The van der Waals surface area contributed by atoms with E-state index in [1.165, 1.54) is 6.20 Å². The van der Waals surface area contributed by atoms with Crippen LogP contribution in [0.5, 0.6) is 0 Å². The lowest BCUT2D eigenvalue weighted by molar-refractivity contribution is 0.624. The molecule has 0 spiro atoms. The van der Waals surface area contributed by atoms with Crippen LogP contribution in [0.2, 0.25) is 5.15 Å². The fourth-order valence-electron chi connectivity index (χ4n) is 1.41. The Labute approximate surface area is 104 Å². The molecule has 2 aromatic heterocycles. The summed E-state index contributed by atoms with van der Waals surface area (Å²) in [4.78, 5) is 12.1. The van der Waals surface area contributed by atoms with Gasteiger partial charge in [-0.1, -0.05) is 25.4 Å². The van der Waals surface area contributed by atoms with Gasteiger partial charge in [0.2, 0.25) is 0 Å². The molecule has 3 nitrogen and oxygen atoms in total. The zero-order valence-electron chi connectivity index (χ0n) is 9.48. The van der Waals surface area contributed by atoms with Gasteiger partial charge in [0.25, 0.3) is 0 Å². The number of pyridine rings is 1. The van der Waals surface area contributed by atoms with E-state index in [1.807, 2.05) is 13.8 Å². The van der Waals surface area contributed by atoms with Crippen LogP contribution in [0.4, 0.5) is 4.39 Å². The van der Waals surface area contributed by atoms with Crippen molar-refractivity contribution in [1.82, 2.24) is 15.0 Å². The molecule has 0 aromatic carbocycles. The van der Waals surface area contributed by atoms with E-state index in [2.05, 4.69) is 15.0 Å². The van der Waals surface area contributed by atoms with E-state index in [0.717, 1.165) is 6.20 Å². The molecule has 0 fully saturated rings. The van der Waals surface area contributed by atoms with Gasteiger partial charge in [0, 0.05) is 23.7 Å². The Morgan fingerprint density at radius 3 is 2.71 bits per heavy atom. The fourth-order valence-corrected chi connectivity index (χ4v) is 1.60. The minimum absolute atomic E-state index is 0.136. The number of aromatic nitrogens is 3. The number of rotatable bonds is 2. The van der Waals surface area contributed by atoms with Crippen molar-refractivity contribution in [2.24, 2.45) is 0 Å². The van der Waals surface area contributed by atoms with Gasteiger partial charge in [-0.15, -0.1) is 0 Å². The average Bonchev–Trinajstić information content (AvgIpc) is 2.28. The monoisotopic (exact) mass is 251 g/mol. The standard InChI is InChI=1S/C12H11ClFN3/c1-7(2)12-16-10(5-11(13)17-12)8-3-4-15-6-9(8)14/h3-7H,1-2H3. The summed E-state index contributed by atoms with van der Waals surface area (Å²) in [5.41, 5.74) is 0.861. The molecule has 0 unspecified atom stereocenters. The van der Waals surface area contributed by atoms with Crippen molar-refractivity contribution in [2.75, 3.05) is 0 Å². The second-order valence-corrected chi connectivity index (χ2v) is 4.33. The zero-order valence-corrected chi connectivity index (χ0v) is 10.2. The lowest BCUT2D eigenvalue weighted by Crippen LogP contribution is -2.00. The molecule has 0 N–H and O–H groups in total. The van der Waals surface area contributed by atoms with E-state index >= 15 is 0 Å². The van der Waals surface area contributed by atoms with Crippen LogP contribution >= 0.6 is 11.6 Å². The molecular weight excluding hydrogens is 241 g/mol. The summed E-state index contributed by atoms with van der Waals surface area (Å²) >= 11 is 5.91. The molecule has 88 valence electrons. The summed E-state index contributed by atoms with van der Waals surface area (Å²) < 4.78 is 13.6. The number of halogens is 2. The molecule has 2 heterocycles. The van der Waals surface area contributed by atoms with Crippen LogP contribution in [0.1, 0.15) is 25.6 Å². The van der Waals surface area contributed by atoms with Crippen molar-refractivity contribution < 1.29 is 4.39 Å². The summed E-state index contributed by atoms with van der Waals surface area (Å²) in [5.74, 6) is 0.318. The minimum Gasteiger partial charge on any atom is -0.262 e. The van der Waals surface area contributed by atoms with Crippen molar-refractivity contribution in [3.63, 3.8) is 0 Å². The van der Waals surface area contributed by atoms with Crippen molar-refractivity contribution in [1.29, 1.82) is 0 Å². The third kappa shape index (κ3) is 2.58. The van der Waals surface area contributed by atoms with Gasteiger partial charge in [-0.05, 0) is 6.07 Å². The summed E-state index contributed by atoms with van der Waals surface area (Å²) in [5, 5.41) is 0.315. The van der Waals surface area contributed by atoms with Crippen LogP contribution in [-0.4, -0.2) is 15.0 Å². The lowest BCUT2D eigenvalue weighted by atomic mass is 10.1. The van der Waals surface area contributed by atoms with Gasteiger partial charge in [0.1, 0.15) is 11.0 Å². The second-order valence-electron chi connectivity index (χ2n) is 3.94. The topological polar surface area (TPSA) is 38.7 Å². The van der Waals surface area contributed by atoms with Gasteiger partial charge in [-0.3, -0.25) is 4.98 Å². The molecule has 0 aliphatic heterocycles. The number of hydrogen-bond donors (Lipinski definition) is 0. The summed E-state index contributed by atoms with van der Waals surface area (Å²) in [6, 6.07) is 3.12. The summed E-state index contributed by atoms with van der Waals surface area (Å²) in [6.45, 7) is 3.91. The molecule has 5 heteroatoms. The molecule has 0 atom stereocenters. The second kappa shape index (κ2) is 4.75. The molecule has 0 aliphatic rings. The highest BCUT2D eigenvalue weighted by Crippen LogP contribution is 2.23. The predicted octanol–water partition coefficient (Wildman–Crippen LogP) is 3.45. The van der Waals surface area contributed by atoms with Crippen molar-refractivity contribution >= 4 is 11.6 Å². The maximum absolute atomic E-state index is 13.6. The summed E-state index contributed by atoms with van der Waals surface area (Å²) in [6.07, 6.45) is 2.67. The molecule has 0 radical (unpaired) electrons. The first-order valence-corrected chi connectivity index (χ1v) is 5.60. The molecule has 0 amide bonds. The van der Waals surface area contributed by atoms with Gasteiger partial charge < -0.3 is 0 Å². The third-order valence-electron chi connectivity index (χ3n) is 2.28. The summed E-state index contributed by atoms with van der Waals surface area (Å²) in [7, 11) is 0. The van der Waals surface area contributed by atoms with E-state index in [0.29, 0.717) is 22.2 Å². The Hall–Kier alpha value is -1.55. The van der Waals surface area contributed by atoms with Crippen LogP contribution < -0.4 is 0 Å². The molecule has 0 saturated heterocycles. The normalized spacial score (nSPS) is 10.9. The molecule has 2 rings (SSSR count). The van der Waals surface area contributed by atoms with E-state index in [1.54, 1.807) is 12.1 Å². The van der Waals surface area contributed by atoms with Crippen molar-refractivity contribution in [2.45, 2.75) is 19.8 Å². The largest absolute Gasteiger partial charge is 0.262 e. The van der Waals surface area contributed by atoms with Crippen molar-refractivity contribution in [3.05, 3.63) is 41.3 Å². The van der Waals surface area contributed by atoms with Crippen LogP contribution in [0.15, 0.2) is 24.5 Å². The minimum atomic E-state index is -0.419. The highest BCUT2D eigenvalue weighted by molar-refractivity contribution is 6.29. The quantitative estimate of drug-likeness (QED) is 0.768.